The van der Waals surface area contributed by atoms with Gasteiger partial charge in [-0.1, -0.05) is 18.6 Å². The van der Waals surface area contributed by atoms with Crippen LogP contribution in [-0.2, 0) is 0 Å². The second-order valence-corrected chi connectivity index (χ2v) is 5.66. The largest absolute Gasteiger partial charge is 0.391 e. The van der Waals surface area contributed by atoms with Crippen LogP contribution >= 0.6 is 0 Å². The van der Waals surface area contributed by atoms with Crippen molar-refractivity contribution in [2.45, 2.75) is 37.9 Å². The van der Waals surface area contributed by atoms with Crippen molar-refractivity contribution in [1.82, 2.24) is 15.2 Å². The molecular formula is C15H17F3N4. The molecule has 118 valence electrons. The van der Waals surface area contributed by atoms with Crippen LogP contribution in [0.2, 0.25) is 0 Å². The molecule has 2 aromatic rings. The molecule has 0 radical (unpaired) electrons. The van der Waals surface area contributed by atoms with E-state index in [9.17, 15) is 13.2 Å². The number of halogens is 3. The van der Waals surface area contributed by atoms with Crippen LogP contribution in [0.1, 0.15) is 25.7 Å². The first-order valence-electron chi connectivity index (χ1n) is 7.31. The Kier molecular flexibility index (Phi) is 4.04. The van der Waals surface area contributed by atoms with Gasteiger partial charge in [0, 0.05) is 17.3 Å². The predicted molar refractivity (Wildman–Crippen MR) is 77.2 cm³/mol. The third-order valence-corrected chi connectivity index (χ3v) is 4.06. The van der Waals surface area contributed by atoms with E-state index < -0.39 is 12.1 Å². The highest BCUT2D eigenvalue weighted by atomic mass is 19.4. The van der Waals surface area contributed by atoms with E-state index in [1.54, 1.807) is 0 Å². The van der Waals surface area contributed by atoms with Crippen molar-refractivity contribution in [3.63, 3.8) is 0 Å². The third kappa shape index (κ3) is 3.40. The summed E-state index contributed by atoms with van der Waals surface area (Å²) in [6.45, 7) is 0. The zero-order valence-electron chi connectivity index (χ0n) is 11.9. The molecule has 4 nitrogen and oxygen atoms in total. The standard InChI is InChI=1S/C15H17F3N4/c16-15(17,18)11-4-2-6-13(8-11)21-12-5-1-3-10(7-12)14-19-9-20-22-14/h1,3,5,7,9,11,13,21H,2,4,6,8H2,(H,19,20,22). The van der Waals surface area contributed by atoms with Gasteiger partial charge in [0.1, 0.15) is 6.33 Å². The van der Waals surface area contributed by atoms with E-state index in [2.05, 4.69) is 20.5 Å². The van der Waals surface area contributed by atoms with E-state index >= 15 is 0 Å². The Bertz CT molecular complexity index is 610. The maximum absolute atomic E-state index is 12.9. The molecule has 0 amide bonds. The Morgan fingerprint density at radius 2 is 2.09 bits per heavy atom. The number of hydrogen-bond donors (Lipinski definition) is 2. The molecule has 1 aliphatic rings. The lowest BCUT2D eigenvalue weighted by molar-refractivity contribution is -0.182. The summed E-state index contributed by atoms with van der Waals surface area (Å²) < 4.78 is 38.6. The summed E-state index contributed by atoms with van der Waals surface area (Å²) in [7, 11) is 0. The number of aromatic amines is 1. The Labute approximate surface area is 126 Å². The van der Waals surface area contributed by atoms with Gasteiger partial charge in [-0.2, -0.15) is 18.3 Å². The molecule has 0 spiro atoms. The zero-order valence-corrected chi connectivity index (χ0v) is 11.9. The van der Waals surface area contributed by atoms with E-state index in [1.165, 1.54) is 6.33 Å². The molecule has 1 aromatic carbocycles. The van der Waals surface area contributed by atoms with Crippen molar-refractivity contribution in [2.75, 3.05) is 5.32 Å². The fraction of sp³-hybridized carbons (Fsp3) is 0.467. The highest BCUT2D eigenvalue weighted by Crippen LogP contribution is 2.38. The van der Waals surface area contributed by atoms with Gasteiger partial charge in [0.2, 0.25) is 0 Å². The second-order valence-electron chi connectivity index (χ2n) is 5.66. The number of nitrogens with one attached hydrogen (secondary N) is 2. The fourth-order valence-corrected chi connectivity index (χ4v) is 2.95. The summed E-state index contributed by atoms with van der Waals surface area (Å²) in [5.74, 6) is -0.559. The van der Waals surface area contributed by atoms with Crippen molar-refractivity contribution in [2.24, 2.45) is 5.92 Å². The fourth-order valence-electron chi connectivity index (χ4n) is 2.95. The molecule has 1 fully saturated rings. The number of alkyl halides is 3. The molecule has 0 saturated heterocycles. The van der Waals surface area contributed by atoms with E-state index in [1.807, 2.05) is 24.3 Å². The van der Waals surface area contributed by atoms with E-state index in [0.717, 1.165) is 17.7 Å². The number of benzene rings is 1. The molecule has 2 atom stereocenters. The maximum Gasteiger partial charge on any atom is 0.391 e. The molecule has 1 heterocycles. The monoisotopic (exact) mass is 310 g/mol. The number of H-pyrrole nitrogens is 1. The first-order valence-corrected chi connectivity index (χ1v) is 7.31. The smallest absolute Gasteiger partial charge is 0.382 e. The van der Waals surface area contributed by atoms with Gasteiger partial charge in [0.15, 0.2) is 5.82 Å². The molecule has 0 bridgehead atoms. The predicted octanol–water partition coefficient (Wildman–Crippen LogP) is 4.00. The Hall–Kier alpha value is -2.05. The van der Waals surface area contributed by atoms with E-state index in [0.29, 0.717) is 12.2 Å². The minimum atomic E-state index is -4.10. The number of nitrogens with zero attached hydrogens (tertiary/aromatic N) is 2. The number of anilines is 1. The normalized spacial score (nSPS) is 22.5. The molecule has 22 heavy (non-hydrogen) atoms. The summed E-state index contributed by atoms with van der Waals surface area (Å²) in [4.78, 5) is 4.08. The topological polar surface area (TPSA) is 53.6 Å². The minimum absolute atomic E-state index is 0.135. The van der Waals surface area contributed by atoms with Gasteiger partial charge in [-0.3, -0.25) is 5.10 Å². The van der Waals surface area contributed by atoms with Crippen LogP contribution in [0.25, 0.3) is 11.4 Å². The number of rotatable bonds is 3. The van der Waals surface area contributed by atoms with Gasteiger partial charge in [0.25, 0.3) is 0 Å². The van der Waals surface area contributed by atoms with Gasteiger partial charge in [-0.05, 0) is 31.4 Å². The SMILES string of the molecule is FC(F)(F)C1CCCC(Nc2cccc(-c3ncn[nH]3)c2)C1. The van der Waals surface area contributed by atoms with E-state index in [4.69, 9.17) is 0 Å². The van der Waals surface area contributed by atoms with Crippen molar-refractivity contribution in [3.8, 4) is 11.4 Å². The Morgan fingerprint density at radius 3 is 2.82 bits per heavy atom. The van der Waals surface area contributed by atoms with Gasteiger partial charge in [-0.25, -0.2) is 4.98 Å². The molecule has 1 aromatic heterocycles. The molecule has 3 rings (SSSR count). The lowest BCUT2D eigenvalue weighted by Crippen LogP contribution is -2.34. The van der Waals surface area contributed by atoms with Gasteiger partial charge >= 0.3 is 6.18 Å². The molecule has 1 aliphatic carbocycles. The first kappa shape index (κ1) is 14.9. The third-order valence-electron chi connectivity index (χ3n) is 4.06. The lowest BCUT2D eigenvalue weighted by Gasteiger charge is -2.31. The van der Waals surface area contributed by atoms with Crippen LogP contribution in [0.15, 0.2) is 30.6 Å². The molecule has 0 aliphatic heterocycles. The summed E-state index contributed by atoms with van der Waals surface area (Å²) in [6.07, 6.45) is -0.939. The Balaban J connectivity index is 1.69. The van der Waals surface area contributed by atoms with Gasteiger partial charge in [-0.15, -0.1) is 0 Å². The lowest BCUT2D eigenvalue weighted by atomic mass is 9.85. The summed E-state index contributed by atoms with van der Waals surface area (Å²) in [6, 6.07) is 7.31. The average Bonchev–Trinajstić information content (AvgIpc) is 3.01. The summed E-state index contributed by atoms with van der Waals surface area (Å²) in [5.41, 5.74) is 1.66. The second kappa shape index (κ2) is 5.98. The molecule has 2 unspecified atom stereocenters. The Morgan fingerprint density at radius 1 is 1.23 bits per heavy atom. The van der Waals surface area contributed by atoms with Gasteiger partial charge in [0.05, 0.1) is 5.92 Å². The summed E-state index contributed by atoms with van der Waals surface area (Å²) >= 11 is 0. The van der Waals surface area contributed by atoms with Crippen LogP contribution in [0, 0.1) is 5.92 Å². The highest BCUT2D eigenvalue weighted by Gasteiger charge is 2.42. The molecule has 2 N–H and O–H groups in total. The van der Waals surface area contributed by atoms with Crippen molar-refractivity contribution < 1.29 is 13.2 Å². The first-order chi connectivity index (χ1) is 10.5. The van der Waals surface area contributed by atoms with Gasteiger partial charge < -0.3 is 5.32 Å². The van der Waals surface area contributed by atoms with Crippen molar-refractivity contribution in [3.05, 3.63) is 30.6 Å². The molecule has 1 saturated carbocycles. The maximum atomic E-state index is 12.9. The van der Waals surface area contributed by atoms with Crippen LogP contribution in [0.3, 0.4) is 0 Å². The molecular weight excluding hydrogens is 293 g/mol. The average molecular weight is 310 g/mol. The zero-order chi connectivity index (χ0) is 15.6. The summed E-state index contributed by atoms with van der Waals surface area (Å²) in [5, 5.41) is 9.80. The van der Waals surface area contributed by atoms with Crippen LogP contribution in [0.4, 0.5) is 18.9 Å². The van der Waals surface area contributed by atoms with E-state index in [-0.39, 0.29) is 18.9 Å². The number of aromatic nitrogens is 3. The quantitative estimate of drug-likeness (QED) is 0.901. The molecule has 7 heteroatoms. The van der Waals surface area contributed by atoms with Crippen LogP contribution in [0.5, 0.6) is 0 Å². The van der Waals surface area contributed by atoms with Crippen LogP contribution in [-0.4, -0.2) is 27.4 Å². The highest BCUT2D eigenvalue weighted by molar-refractivity contribution is 5.62. The minimum Gasteiger partial charge on any atom is -0.382 e. The van der Waals surface area contributed by atoms with Crippen molar-refractivity contribution in [1.29, 1.82) is 0 Å². The number of hydrogen-bond acceptors (Lipinski definition) is 3. The van der Waals surface area contributed by atoms with Crippen molar-refractivity contribution >= 4 is 5.69 Å². The van der Waals surface area contributed by atoms with Crippen LogP contribution < -0.4 is 5.32 Å².